The van der Waals surface area contributed by atoms with Crippen molar-refractivity contribution in [2.75, 3.05) is 23.9 Å². The third-order valence-corrected chi connectivity index (χ3v) is 4.34. The molecule has 0 spiro atoms. The molecule has 1 aliphatic rings. The Hall–Kier alpha value is -3.62. The number of ether oxygens (including phenoxy) is 2. The van der Waals surface area contributed by atoms with Crippen LogP contribution in [0.1, 0.15) is 13.3 Å². The molecule has 0 saturated carbocycles. The number of nitro benzene ring substituents is 1. The smallest absolute Gasteiger partial charge is 0.314 e. The van der Waals surface area contributed by atoms with Crippen molar-refractivity contribution >= 4 is 28.9 Å². The van der Waals surface area contributed by atoms with Gasteiger partial charge in [0.1, 0.15) is 5.75 Å². The van der Waals surface area contributed by atoms with Crippen molar-refractivity contribution in [1.82, 2.24) is 0 Å². The Morgan fingerprint density at radius 1 is 1.32 bits per heavy atom. The van der Waals surface area contributed by atoms with Gasteiger partial charge >= 0.3 is 5.69 Å². The van der Waals surface area contributed by atoms with E-state index in [9.17, 15) is 19.7 Å². The van der Waals surface area contributed by atoms with Crippen LogP contribution in [0.4, 0.5) is 17.1 Å². The molecule has 1 N–H and O–H groups in total. The molecule has 2 amide bonds. The summed E-state index contributed by atoms with van der Waals surface area (Å²) in [6.45, 7) is 1.34. The van der Waals surface area contributed by atoms with Crippen molar-refractivity contribution in [3.63, 3.8) is 0 Å². The van der Waals surface area contributed by atoms with Crippen LogP contribution in [0, 0.1) is 10.1 Å². The monoisotopic (exact) mass is 385 g/mol. The minimum Gasteiger partial charge on any atom is -0.496 e. The van der Waals surface area contributed by atoms with E-state index in [2.05, 4.69) is 5.32 Å². The standard InChI is InChI=1S/C19H19N3O6/c1-12-9-18(23)20-14-5-3-4-6-15(14)21(12)19(24)11-28-17-8-7-13(27-2)10-16(17)22(25)26/h3-8,10,12H,9,11H2,1-2H3,(H,20,23)/t12-/m0/s1. The molecule has 1 aliphatic heterocycles. The van der Waals surface area contributed by atoms with Gasteiger partial charge in [0.15, 0.2) is 12.4 Å². The van der Waals surface area contributed by atoms with Crippen molar-refractivity contribution in [1.29, 1.82) is 0 Å². The fourth-order valence-electron chi connectivity index (χ4n) is 3.07. The molecule has 28 heavy (non-hydrogen) atoms. The maximum atomic E-state index is 12.9. The van der Waals surface area contributed by atoms with Crippen LogP contribution in [-0.4, -0.2) is 36.5 Å². The van der Waals surface area contributed by atoms with Gasteiger partial charge in [-0.15, -0.1) is 0 Å². The average Bonchev–Trinajstić information content (AvgIpc) is 2.80. The zero-order valence-electron chi connectivity index (χ0n) is 15.4. The molecule has 9 nitrogen and oxygen atoms in total. The summed E-state index contributed by atoms with van der Waals surface area (Å²) < 4.78 is 10.4. The zero-order chi connectivity index (χ0) is 20.3. The van der Waals surface area contributed by atoms with Gasteiger partial charge in [0.2, 0.25) is 5.91 Å². The van der Waals surface area contributed by atoms with E-state index < -0.39 is 23.5 Å². The Bertz CT molecular complexity index is 930. The number of nitro groups is 1. The maximum Gasteiger partial charge on any atom is 0.314 e. The molecule has 0 saturated heterocycles. The first-order chi connectivity index (χ1) is 13.4. The lowest BCUT2D eigenvalue weighted by molar-refractivity contribution is -0.385. The second-order valence-corrected chi connectivity index (χ2v) is 6.26. The number of carbonyl (C=O) groups is 2. The molecule has 0 aromatic heterocycles. The summed E-state index contributed by atoms with van der Waals surface area (Å²) in [7, 11) is 1.40. The van der Waals surface area contributed by atoms with Crippen LogP contribution < -0.4 is 19.7 Å². The first-order valence-electron chi connectivity index (χ1n) is 8.57. The van der Waals surface area contributed by atoms with Gasteiger partial charge in [0, 0.05) is 12.5 Å². The number of anilines is 2. The van der Waals surface area contributed by atoms with Crippen molar-refractivity contribution in [3.8, 4) is 11.5 Å². The SMILES string of the molecule is COc1ccc(OCC(=O)N2c3ccccc3NC(=O)C[C@@H]2C)c([N+](=O)[O-])c1. The molecule has 1 atom stereocenters. The van der Waals surface area contributed by atoms with Crippen LogP contribution in [0.15, 0.2) is 42.5 Å². The highest BCUT2D eigenvalue weighted by molar-refractivity contribution is 6.04. The van der Waals surface area contributed by atoms with E-state index in [1.54, 1.807) is 31.2 Å². The van der Waals surface area contributed by atoms with Crippen LogP contribution >= 0.6 is 0 Å². The largest absolute Gasteiger partial charge is 0.496 e. The molecule has 0 radical (unpaired) electrons. The Kier molecular flexibility index (Phi) is 5.44. The Morgan fingerprint density at radius 2 is 2.07 bits per heavy atom. The van der Waals surface area contributed by atoms with Gasteiger partial charge in [-0.05, 0) is 31.2 Å². The number of hydrogen-bond donors (Lipinski definition) is 1. The number of methoxy groups -OCH3 is 1. The second-order valence-electron chi connectivity index (χ2n) is 6.26. The predicted octanol–water partition coefficient (Wildman–Crippen LogP) is 2.75. The van der Waals surface area contributed by atoms with Gasteiger partial charge in [-0.2, -0.15) is 0 Å². The Morgan fingerprint density at radius 3 is 2.79 bits per heavy atom. The molecular formula is C19H19N3O6. The van der Waals surface area contributed by atoms with Gasteiger partial charge in [0.25, 0.3) is 5.91 Å². The van der Waals surface area contributed by atoms with Crippen LogP contribution in [-0.2, 0) is 9.59 Å². The quantitative estimate of drug-likeness (QED) is 0.626. The number of fused-ring (bicyclic) bond motifs is 1. The first-order valence-corrected chi connectivity index (χ1v) is 8.57. The summed E-state index contributed by atoms with van der Waals surface area (Å²) in [5.74, 6) is -0.335. The van der Waals surface area contributed by atoms with Gasteiger partial charge < -0.3 is 19.7 Å². The fraction of sp³-hybridized carbons (Fsp3) is 0.263. The Labute approximate surface area is 161 Å². The van der Waals surface area contributed by atoms with Crippen molar-refractivity contribution in [2.24, 2.45) is 0 Å². The molecule has 9 heteroatoms. The van der Waals surface area contributed by atoms with E-state index in [0.717, 1.165) is 0 Å². The highest BCUT2D eigenvalue weighted by atomic mass is 16.6. The minimum absolute atomic E-state index is 0.0379. The topological polar surface area (TPSA) is 111 Å². The molecular weight excluding hydrogens is 366 g/mol. The first kappa shape index (κ1) is 19.2. The molecule has 0 fully saturated rings. The molecule has 146 valence electrons. The molecule has 2 aromatic carbocycles. The lowest BCUT2D eigenvalue weighted by Gasteiger charge is -2.27. The highest BCUT2D eigenvalue weighted by Gasteiger charge is 2.30. The van der Waals surface area contributed by atoms with Gasteiger partial charge in [-0.1, -0.05) is 12.1 Å². The van der Waals surface area contributed by atoms with Crippen LogP contribution in [0.2, 0.25) is 0 Å². The van der Waals surface area contributed by atoms with Gasteiger partial charge in [-0.3, -0.25) is 19.7 Å². The molecule has 0 unspecified atom stereocenters. The van der Waals surface area contributed by atoms with E-state index in [1.807, 2.05) is 0 Å². The normalized spacial score (nSPS) is 15.9. The average molecular weight is 385 g/mol. The molecule has 3 rings (SSSR count). The third kappa shape index (κ3) is 3.88. The van der Waals surface area contributed by atoms with Crippen molar-refractivity contribution in [3.05, 3.63) is 52.6 Å². The number of nitrogens with one attached hydrogen (secondary N) is 1. The number of para-hydroxylation sites is 2. The van der Waals surface area contributed by atoms with Crippen LogP contribution in [0.25, 0.3) is 0 Å². The van der Waals surface area contributed by atoms with Crippen LogP contribution in [0.5, 0.6) is 11.5 Å². The number of hydrogen-bond acceptors (Lipinski definition) is 6. The molecule has 1 heterocycles. The fourth-order valence-corrected chi connectivity index (χ4v) is 3.07. The molecule has 2 aromatic rings. The summed E-state index contributed by atoms with van der Waals surface area (Å²) in [6.07, 6.45) is 0.128. The number of benzene rings is 2. The predicted molar refractivity (Wildman–Crippen MR) is 102 cm³/mol. The second kappa shape index (κ2) is 7.95. The summed E-state index contributed by atoms with van der Waals surface area (Å²) >= 11 is 0. The van der Waals surface area contributed by atoms with E-state index in [1.165, 1.54) is 30.2 Å². The number of carbonyl (C=O) groups excluding carboxylic acids is 2. The van der Waals surface area contributed by atoms with Crippen LogP contribution in [0.3, 0.4) is 0 Å². The maximum absolute atomic E-state index is 12.9. The van der Waals surface area contributed by atoms with Crippen molar-refractivity contribution < 1.29 is 24.0 Å². The van der Waals surface area contributed by atoms with Crippen molar-refractivity contribution in [2.45, 2.75) is 19.4 Å². The van der Waals surface area contributed by atoms with E-state index >= 15 is 0 Å². The lowest BCUT2D eigenvalue weighted by atomic mass is 10.1. The number of nitrogens with zero attached hydrogens (tertiary/aromatic N) is 2. The summed E-state index contributed by atoms with van der Waals surface area (Å²) in [6, 6.07) is 10.7. The minimum atomic E-state index is -0.602. The highest BCUT2D eigenvalue weighted by Crippen LogP contribution is 2.33. The third-order valence-electron chi connectivity index (χ3n) is 4.34. The van der Waals surface area contributed by atoms with E-state index in [4.69, 9.17) is 9.47 Å². The molecule has 0 bridgehead atoms. The number of amides is 2. The summed E-state index contributed by atoms with van der Waals surface area (Å²) in [4.78, 5) is 37.0. The molecule has 0 aliphatic carbocycles. The number of rotatable bonds is 5. The lowest BCUT2D eigenvalue weighted by Crippen LogP contribution is -2.41. The zero-order valence-corrected chi connectivity index (χ0v) is 15.4. The summed E-state index contributed by atoms with van der Waals surface area (Å²) in [5, 5.41) is 14.0. The van der Waals surface area contributed by atoms with Gasteiger partial charge in [0.05, 0.1) is 29.5 Å². The van der Waals surface area contributed by atoms with E-state index in [0.29, 0.717) is 17.1 Å². The Balaban J connectivity index is 1.83. The van der Waals surface area contributed by atoms with Gasteiger partial charge in [-0.25, -0.2) is 0 Å². The van der Waals surface area contributed by atoms with E-state index in [-0.39, 0.29) is 23.8 Å². The summed E-state index contributed by atoms with van der Waals surface area (Å²) in [5.41, 5.74) is 0.785.